The molecule has 0 aromatic heterocycles. The Morgan fingerprint density at radius 2 is 1.61 bits per heavy atom. The van der Waals surface area contributed by atoms with Gasteiger partial charge in [0.2, 0.25) is 10.0 Å². The molecule has 9 heteroatoms. The van der Waals surface area contributed by atoms with Crippen LogP contribution in [0.4, 0.5) is 14.5 Å². The minimum atomic E-state index is -3.92. The summed E-state index contributed by atoms with van der Waals surface area (Å²) >= 11 is 0. The number of benzene rings is 2. The summed E-state index contributed by atoms with van der Waals surface area (Å²) in [6.07, 6.45) is 0. The minimum absolute atomic E-state index is 0.111. The van der Waals surface area contributed by atoms with Gasteiger partial charge < -0.3 is 10.2 Å². The maximum absolute atomic E-state index is 13.9. The predicted octanol–water partition coefficient (Wildman–Crippen LogP) is 0.881. The lowest BCUT2D eigenvalue weighted by atomic mass is 10.2. The number of carbonyl (C=O) groups is 1. The molecule has 150 valence electrons. The Labute approximate surface area is 162 Å². The quantitative estimate of drug-likeness (QED) is 0.769. The molecule has 2 aromatic rings. The predicted molar refractivity (Wildman–Crippen MR) is 100 cm³/mol. The summed E-state index contributed by atoms with van der Waals surface area (Å²) in [6.45, 7) is 2.83. The molecule has 0 aliphatic carbocycles. The van der Waals surface area contributed by atoms with Gasteiger partial charge in [0.05, 0.1) is 31.9 Å². The van der Waals surface area contributed by atoms with Crippen LogP contribution in [-0.4, -0.2) is 50.9 Å². The van der Waals surface area contributed by atoms with Gasteiger partial charge in [-0.2, -0.15) is 4.31 Å². The molecule has 1 amide bonds. The van der Waals surface area contributed by atoms with Gasteiger partial charge >= 0.3 is 0 Å². The second-order valence-electron chi connectivity index (χ2n) is 6.68. The van der Waals surface area contributed by atoms with Crippen LogP contribution in [0.15, 0.2) is 53.4 Å². The molecule has 3 rings (SSSR count). The Hall–Kier alpha value is -2.36. The van der Waals surface area contributed by atoms with E-state index in [1.165, 1.54) is 40.7 Å². The fraction of sp³-hybridized carbons (Fsp3) is 0.316. The smallest absolute Gasteiger partial charge is 0.282 e. The minimum Gasteiger partial charge on any atom is -0.323 e. The molecule has 2 N–H and O–H groups in total. The highest BCUT2D eigenvalue weighted by Crippen LogP contribution is 2.19. The SMILES string of the molecule is C[C@H](C(=O)Nc1ccccc1F)[NH+]1CCN(S(=O)(=O)c2ccccc2F)CC1. The number of para-hydroxylation sites is 1. The topological polar surface area (TPSA) is 70.9 Å². The lowest BCUT2D eigenvalue weighted by Crippen LogP contribution is -3.19. The van der Waals surface area contributed by atoms with Gasteiger partial charge in [0.25, 0.3) is 5.91 Å². The van der Waals surface area contributed by atoms with Crippen LogP contribution in [0, 0.1) is 11.6 Å². The highest BCUT2D eigenvalue weighted by Gasteiger charge is 2.35. The summed E-state index contributed by atoms with van der Waals surface area (Å²) in [5.74, 6) is -1.64. The van der Waals surface area contributed by atoms with Crippen LogP contribution in [0.1, 0.15) is 6.92 Å². The van der Waals surface area contributed by atoms with Crippen molar-refractivity contribution in [1.29, 1.82) is 0 Å². The van der Waals surface area contributed by atoms with E-state index in [2.05, 4.69) is 5.32 Å². The largest absolute Gasteiger partial charge is 0.323 e. The first-order chi connectivity index (χ1) is 13.3. The number of rotatable bonds is 5. The maximum atomic E-state index is 13.9. The molecule has 0 bridgehead atoms. The summed E-state index contributed by atoms with van der Waals surface area (Å²) in [4.78, 5) is 13.0. The number of hydrogen-bond acceptors (Lipinski definition) is 3. The van der Waals surface area contributed by atoms with E-state index in [1.54, 1.807) is 13.0 Å². The zero-order chi connectivity index (χ0) is 20.3. The normalized spacial score (nSPS) is 17.2. The molecule has 1 fully saturated rings. The average molecular weight is 410 g/mol. The first kappa shape index (κ1) is 20.4. The van der Waals surface area contributed by atoms with Gasteiger partial charge in [0, 0.05) is 0 Å². The van der Waals surface area contributed by atoms with Crippen molar-refractivity contribution in [2.75, 3.05) is 31.5 Å². The van der Waals surface area contributed by atoms with Crippen molar-refractivity contribution in [1.82, 2.24) is 4.31 Å². The van der Waals surface area contributed by atoms with Gasteiger partial charge in [-0.1, -0.05) is 24.3 Å². The van der Waals surface area contributed by atoms with E-state index in [1.807, 2.05) is 0 Å². The van der Waals surface area contributed by atoms with Crippen molar-refractivity contribution in [2.24, 2.45) is 0 Å². The summed E-state index contributed by atoms with van der Waals surface area (Å²) in [7, 11) is -3.92. The molecule has 0 unspecified atom stereocenters. The summed E-state index contributed by atoms with van der Waals surface area (Å²) in [5, 5.41) is 2.57. The van der Waals surface area contributed by atoms with Gasteiger partial charge in [-0.3, -0.25) is 4.79 Å². The van der Waals surface area contributed by atoms with E-state index in [9.17, 15) is 22.0 Å². The number of amides is 1. The number of nitrogens with one attached hydrogen (secondary N) is 2. The average Bonchev–Trinajstić information content (AvgIpc) is 2.69. The number of halogens is 2. The van der Waals surface area contributed by atoms with Crippen molar-refractivity contribution >= 4 is 21.6 Å². The molecular formula is C19H22F2N3O3S+. The van der Waals surface area contributed by atoms with Crippen LogP contribution in [0.2, 0.25) is 0 Å². The molecule has 0 radical (unpaired) electrons. The Balaban J connectivity index is 1.62. The number of nitrogens with zero attached hydrogens (tertiary/aromatic N) is 1. The number of carbonyl (C=O) groups excluding carboxylic acids is 1. The lowest BCUT2D eigenvalue weighted by molar-refractivity contribution is -0.917. The Morgan fingerprint density at radius 1 is 1.04 bits per heavy atom. The first-order valence-electron chi connectivity index (χ1n) is 8.95. The van der Waals surface area contributed by atoms with Crippen molar-refractivity contribution < 1.29 is 26.9 Å². The number of piperazine rings is 1. The zero-order valence-electron chi connectivity index (χ0n) is 15.4. The third-order valence-electron chi connectivity index (χ3n) is 4.96. The molecule has 1 aliphatic heterocycles. The number of sulfonamides is 1. The van der Waals surface area contributed by atoms with Crippen LogP contribution < -0.4 is 10.2 Å². The van der Waals surface area contributed by atoms with Gasteiger partial charge in [0.1, 0.15) is 16.5 Å². The van der Waals surface area contributed by atoms with Crippen LogP contribution in [-0.2, 0) is 14.8 Å². The van der Waals surface area contributed by atoms with E-state index < -0.39 is 27.7 Å². The molecular weight excluding hydrogens is 388 g/mol. The molecule has 28 heavy (non-hydrogen) atoms. The van der Waals surface area contributed by atoms with Gasteiger partial charge in [-0.15, -0.1) is 0 Å². The number of hydrogen-bond donors (Lipinski definition) is 2. The lowest BCUT2D eigenvalue weighted by Gasteiger charge is -2.34. The van der Waals surface area contributed by atoms with E-state index in [4.69, 9.17) is 0 Å². The van der Waals surface area contributed by atoms with Crippen LogP contribution in [0.25, 0.3) is 0 Å². The standard InChI is InChI=1S/C19H21F2N3O3S/c1-14(19(25)22-17-8-4-2-6-15(17)20)23-10-12-24(13-11-23)28(26,27)18-9-5-3-7-16(18)21/h2-9,14H,10-13H2,1H3,(H,22,25)/p+1/t14-/m1/s1. The third-order valence-corrected chi connectivity index (χ3v) is 6.89. The summed E-state index contributed by atoms with van der Waals surface area (Å²) < 4.78 is 54.1. The van der Waals surface area contributed by atoms with Crippen molar-refractivity contribution in [3.05, 3.63) is 60.2 Å². The van der Waals surface area contributed by atoms with Crippen molar-refractivity contribution in [2.45, 2.75) is 17.9 Å². The first-order valence-corrected chi connectivity index (χ1v) is 10.4. The van der Waals surface area contributed by atoms with Gasteiger partial charge in [-0.25, -0.2) is 17.2 Å². The molecule has 0 spiro atoms. The summed E-state index contributed by atoms with van der Waals surface area (Å²) in [5.41, 5.74) is 0.111. The van der Waals surface area contributed by atoms with Crippen LogP contribution in [0.3, 0.4) is 0 Å². The van der Waals surface area contributed by atoms with Crippen molar-refractivity contribution in [3.8, 4) is 0 Å². The zero-order valence-corrected chi connectivity index (χ0v) is 16.2. The summed E-state index contributed by atoms with van der Waals surface area (Å²) in [6, 6.07) is 10.7. The van der Waals surface area contributed by atoms with Crippen molar-refractivity contribution in [3.63, 3.8) is 0 Å². The van der Waals surface area contributed by atoms with E-state index >= 15 is 0 Å². The van der Waals surface area contributed by atoms with Crippen LogP contribution in [0.5, 0.6) is 0 Å². The fourth-order valence-electron chi connectivity index (χ4n) is 3.23. The monoisotopic (exact) mass is 410 g/mol. The third kappa shape index (κ3) is 4.21. The molecule has 6 nitrogen and oxygen atoms in total. The van der Waals surface area contributed by atoms with E-state index in [-0.39, 0.29) is 29.6 Å². The Morgan fingerprint density at radius 3 is 2.21 bits per heavy atom. The van der Waals surface area contributed by atoms with E-state index in [0.29, 0.717) is 13.1 Å². The molecule has 1 aliphatic rings. The maximum Gasteiger partial charge on any atom is 0.282 e. The van der Waals surface area contributed by atoms with Gasteiger partial charge in [-0.05, 0) is 31.2 Å². The molecule has 0 saturated carbocycles. The van der Waals surface area contributed by atoms with Crippen LogP contribution >= 0.6 is 0 Å². The number of quaternary nitrogens is 1. The molecule has 1 heterocycles. The second-order valence-corrected chi connectivity index (χ2v) is 8.59. The van der Waals surface area contributed by atoms with Gasteiger partial charge in [0.15, 0.2) is 6.04 Å². The second kappa shape index (κ2) is 8.34. The molecule has 1 saturated heterocycles. The Bertz CT molecular complexity index is 960. The highest BCUT2D eigenvalue weighted by molar-refractivity contribution is 7.89. The Kier molecular flexibility index (Phi) is 6.07. The molecule has 1 atom stereocenters. The fourth-order valence-corrected chi connectivity index (χ4v) is 4.74. The van der Waals surface area contributed by atoms with E-state index in [0.717, 1.165) is 11.0 Å². The highest BCUT2D eigenvalue weighted by atomic mass is 32.2. The number of anilines is 1. The molecule has 2 aromatic carbocycles.